The number of aryl methyl sites for hydroxylation is 2. The molecule has 0 saturated carbocycles. The van der Waals surface area contributed by atoms with Crippen molar-refractivity contribution in [2.45, 2.75) is 46.3 Å². The molecule has 0 saturated heterocycles. The quantitative estimate of drug-likeness (QED) is 0.904. The Hall–Kier alpha value is -1.69. The van der Waals surface area contributed by atoms with Gasteiger partial charge in [-0.3, -0.25) is 4.68 Å². The van der Waals surface area contributed by atoms with Crippen LogP contribution in [0.1, 0.15) is 37.7 Å². The average molecular weight is 262 g/mol. The monoisotopic (exact) mass is 262 g/mol. The minimum atomic E-state index is -0.0226. The number of hydrogen-bond donors (Lipinski definition) is 1. The van der Waals surface area contributed by atoms with Crippen LogP contribution in [0.3, 0.4) is 0 Å². The molecule has 2 rings (SSSR count). The largest absolute Gasteiger partial charge is 0.307 e. The third-order valence-electron chi connectivity index (χ3n) is 2.96. The van der Waals surface area contributed by atoms with E-state index in [1.807, 2.05) is 35.7 Å². The second-order valence-electron chi connectivity index (χ2n) is 5.84. The van der Waals surface area contributed by atoms with Gasteiger partial charge in [-0.25, -0.2) is 4.68 Å². The molecule has 0 fully saturated rings. The summed E-state index contributed by atoms with van der Waals surface area (Å²) in [4.78, 5) is 0. The highest BCUT2D eigenvalue weighted by atomic mass is 15.4. The summed E-state index contributed by atoms with van der Waals surface area (Å²) in [5.41, 5.74) is 3.21. The van der Waals surface area contributed by atoms with E-state index in [1.165, 1.54) is 5.56 Å². The Morgan fingerprint density at radius 2 is 1.95 bits per heavy atom. The van der Waals surface area contributed by atoms with Crippen molar-refractivity contribution < 1.29 is 0 Å². The Kier molecular flexibility index (Phi) is 3.71. The zero-order valence-electron chi connectivity index (χ0n) is 12.3. The zero-order chi connectivity index (χ0) is 14.0. The van der Waals surface area contributed by atoms with E-state index in [-0.39, 0.29) is 5.54 Å². The van der Waals surface area contributed by atoms with Gasteiger partial charge in [-0.1, -0.05) is 5.21 Å². The van der Waals surface area contributed by atoms with Crippen LogP contribution in [-0.2, 0) is 25.7 Å². The zero-order valence-corrected chi connectivity index (χ0v) is 12.3. The van der Waals surface area contributed by atoms with Crippen molar-refractivity contribution in [3.8, 4) is 0 Å². The van der Waals surface area contributed by atoms with Gasteiger partial charge in [-0.15, -0.1) is 5.10 Å². The summed E-state index contributed by atoms with van der Waals surface area (Å²) < 4.78 is 3.72. The highest BCUT2D eigenvalue weighted by Crippen LogP contribution is 2.11. The first kappa shape index (κ1) is 13.7. The van der Waals surface area contributed by atoms with E-state index in [2.05, 4.69) is 41.5 Å². The van der Waals surface area contributed by atoms with E-state index in [9.17, 15) is 0 Å². The summed E-state index contributed by atoms with van der Waals surface area (Å²) in [6.45, 7) is 9.85. The first-order valence-electron chi connectivity index (χ1n) is 6.48. The first-order valence-corrected chi connectivity index (χ1v) is 6.48. The Morgan fingerprint density at radius 1 is 1.21 bits per heavy atom. The predicted molar refractivity (Wildman–Crippen MR) is 73.5 cm³/mol. The molecular weight excluding hydrogens is 240 g/mol. The molecule has 2 aromatic rings. The molecule has 2 heterocycles. The maximum atomic E-state index is 4.32. The fourth-order valence-electron chi connectivity index (χ4n) is 1.85. The lowest BCUT2D eigenvalue weighted by molar-refractivity contribution is 0.347. The number of nitrogens with one attached hydrogen (secondary N) is 1. The van der Waals surface area contributed by atoms with Gasteiger partial charge in [0.1, 0.15) is 0 Å². The lowest BCUT2D eigenvalue weighted by Crippen LogP contribution is -2.22. The van der Waals surface area contributed by atoms with Crippen molar-refractivity contribution in [1.82, 2.24) is 30.1 Å². The summed E-state index contributed by atoms with van der Waals surface area (Å²) in [5.74, 6) is 0. The Bertz CT molecular complexity index is 546. The third kappa shape index (κ3) is 3.41. The first-order chi connectivity index (χ1) is 8.86. The van der Waals surface area contributed by atoms with Gasteiger partial charge in [0.2, 0.25) is 0 Å². The molecule has 0 aliphatic rings. The van der Waals surface area contributed by atoms with Crippen molar-refractivity contribution in [3.05, 3.63) is 29.3 Å². The number of rotatable bonds is 4. The smallest absolute Gasteiger partial charge is 0.0965 e. The van der Waals surface area contributed by atoms with E-state index >= 15 is 0 Å². The minimum Gasteiger partial charge on any atom is -0.307 e. The molecule has 0 atom stereocenters. The number of nitrogens with zero attached hydrogens (tertiary/aromatic N) is 5. The van der Waals surface area contributed by atoms with Gasteiger partial charge in [-0.2, -0.15) is 5.10 Å². The molecule has 0 bridgehead atoms. The molecule has 0 aliphatic carbocycles. The molecule has 1 N–H and O–H groups in total. The van der Waals surface area contributed by atoms with Gasteiger partial charge in [-0.05, 0) is 27.7 Å². The summed E-state index contributed by atoms with van der Waals surface area (Å²) in [6.07, 6.45) is 4.03. The van der Waals surface area contributed by atoms with E-state index in [4.69, 9.17) is 0 Å². The van der Waals surface area contributed by atoms with Crippen molar-refractivity contribution in [2.24, 2.45) is 7.05 Å². The maximum absolute atomic E-state index is 4.32. The van der Waals surface area contributed by atoms with E-state index in [1.54, 1.807) is 0 Å². The van der Waals surface area contributed by atoms with Crippen LogP contribution < -0.4 is 5.32 Å². The van der Waals surface area contributed by atoms with Gasteiger partial charge >= 0.3 is 0 Å². The second kappa shape index (κ2) is 5.13. The van der Waals surface area contributed by atoms with Gasteiger partial charge in [0.05, 0.1) is 23.1 Å². The minimum absolute atomic E-state index is 0.0226. The van der Waals surface area contributed by atoms with E-state index < -0.39 is 0 Å². The van der Waals surface area contributed by atoms with Crippen LogP contribution in [0.25, 0.3) is 0 Å². The second-order valence-corrected chi connectivity index (χ2v) is 5.84. The molecule has 6 heteroatoms. The SMILES string of the molecule is Cc1nn(C)cc1CNCc1cn(C(C)(C)C)nn1. The van der Waals surface area contributed by atoms with Crippen molar-refractivity contribution in [3.63, 3.8) is 0 Å². The lowest BCUT2D eigenvalue weighted by Gasteiger charge is -2.17. The van der Waals surface area contributed by atoms with Crippen LogP contribution in [-0.4, -0.2) is 24.8 Å². The number of aromatic nitrogens is 5. The van der Waals surface area contributed by atoms with Gasteiger partial charge in [0, 0.05) is 31.9 Å². The maximum Gasteiger partial charge on any atom is 0.0965 e. The van der Waals surface area contributed by atoms with Crippen LogP contribution in [0.2, 0.25) is 0 Å². The summed E-state index contributed by atoms with van der Waals surface area (Å²) in [5, 5.41) is 16.0. The van der Waals surface area contributed by atoms with Crippen molar-refractivity contribution >= 4 is 0 Å². The van der Waals surface area contributed by atoms with Gasteiger partial charge < -0.3 is 5.32 Å². The van der Waals surface area contributed by atoms with Crippen LogP contribution in [0, 0.1) is 6.92 Å². The van der Waals surface area contributed by atoms with Crippen LogP contribution in [0.5, 0.6) is 0 Å². The third-order valence-corrected chi connectivity index (χ3v) is 2.96. The molecule has 2 aromatic heterocycles. The molecule has 0 aromatic carbocycles. The van der Waals surface area contributed by atoms with Crippen LogP contribution in [0.4, 0.5) is 0 Å². The number of hydrogen-bond acceptors (Lipinski definition) is 4. The molecule has 0 amide bonds. The van der Waals surface area contributed by atoms with Gasteiger partial charge in [0.25, 0.3) is 0 Å². The van der Waals surface area contributed by atoms with Crippen molar-refractivity contribution in [2.75, 3.05) is 0 Å². The molecule has 6 nitrogen and oxygen atoms in total. The summed E-state index contributed by atoms with van der Waals surface area (Å²) >= 11 is 0. The highest BCUT2D eigenvalue weighted by Gasteiger charge is 2.14. The van der Waals surface area contributed by atoms with E-state index in [0.717, 1.165) is 17.9 Å². The summed E-state index contributed by atoms with van der Waals surface area (Å²) in [7, 11) is 1.94. The van der Waals surface area contributed by atoms with Gasteiger partial charge in [0.15, 0.2) is 0 Å². The molecular formula is C13H22N6. The molecule has 104 valence electrons. The van der Waals surface area contributed by atoms with Crippen LogP contribution >= 0.6 is 0 Å². The highest BCUT2D eigenvalue weighted by molar-refractivity contribution is 5.14. The predicted octanol–water partition coefficient (Wildman–Crippen LogP) is 1.36. The fourth-order valence-corrected chi connectivity index (χ4v) is 1.85. The van der Waals surface area contributed by atoms with Crippen LogP contribution in [0.15, 0.2) is 12.4 Å². The average Bonchev–Trinajstić information content (AvgIpc) is 2.86. The molecule has 0 aliphatic heterocycles. The Labute approximate surface area is 113 Å². The van der Waals surface area contributed by atoms with Crippen molar-refractivity contribution in [1.29, 1.82) is 0 Å². The lowest BCUT2D eigenvalue weighted by atomic mass is 10.1. The Balaban J connectivity index is 1.89. The van der Waals surface area contributed by atoms with E-state index in [0.29, 0.717) is 6.54 Å². The normalized spacial score (nSPS) is 12.1. The fraction of sp³-hybridized carbons (Fsp3) is 0.615. The Morgan fingerprint density at radius 3 is 2.47 bits per heavy atom. The topological polar surface area (TPSA) is 60.6 Å². The molecule has 19 heavy (non-hydrogen) atoms. The molecule has 0 spiro atoms. The standard InChI is InChI=1S/C13H22N6/c1-10-11(8-18(5)16-10)6-14-7-12-9-19(17-15-12)13(2,3)4/h8-9,14H,6-7H2,1-5H3. The molecule has 0 radical (unpaired) electrons. The summed E-state index contributed by atoms with van der Waals surface area (Å²) in [6, 6.07) is 0. The molecule has 0 unspecified atom stereocenters.